The maximum absolute atomic E-state index is 12.4. The molecule has 1 aliphatic carbocycles. The third kappa shape index (κ3) is 7.65. The first-order valence-electron chi connectivity index (χ1n) is 11.2. The number of amides is 2. The van der Waals surface area contributed by atoms with Crippen LogP contribution < -0.4 is 5.32 Å². The second-order valence-corrected chi connectivity index (χ2v) is 8.20. The normalized spacial score (nSPS) is 17.7. The van der Waals surface area contributed by atoms with Crippen LogP contribution in [0.15, 0.2) is 42.0 Å². The molecule has 1 heterocycles. The van der Waals surface area contributed by atoms with Gasteiger partial charge in [0.2, 0.25) is 11.8 Å². The highest BCUT2D eigenvalue weighted by molar-refractivity contribution is 5.78. The number of rotatable bonds is 9. The Morgan fingerprint density at radius 3 is 2.48 bits per heavy atom. The molecule has 0 spiro atoms. The number of nitrogens with one attached hydrogen (secondary N) is 1. The summed E-state index contributed by atoms with van der Waals surface area (Å²) in [5.41, 5.74) is 2.78. The van der Waals surface area contributed by atoms with Crippen LogP contribution in [0.4, 0.5) is 0 Å². The van der Waals surface area contributed by atoms with Crippen molar-refractivity contribution in [2.45, 2.75) is 51.4 Å². The molecule has 2 aliphatic rings. The first-order valence-corrected chi connectivity index (χ1v) is 11.2. The molecule has 1 aliphatic heterocycles. The van der Waals surface area contributed by atoms with Crippen LogP contribution in [-0.2, 0) is 16.0 Å². The van der Waals surface area contributed by atoms with Gasteiger partial charge in [-0.15, -0.1) is 0 Å². The fraction of sp³-hybridized carbons (Fsp3) is 0.583. The maximum Gasteiger partial charge on any atom is 0.234 e. The summed E-state index contributed by atoms with van der Waals surface area (Å²) in [7, 11) is 0. The fourth-order valence-electron chi connectivity index (χ4n) is 4.16. The zero-order valence-corrected chi connectivity index (χ0v) is 17.6. The number of benzene rings is 1. The van der Waals surface area contributed by atoms with Gasteiger partial charge in [0.25, 0.3) is 0 Å². The number of allylic oxidation sites excluding steroid dienone is 1. The summed E-state index contributed by atoms with van der Waals surface area (Å²) in [4.78, 5) is 28.7. The lowest BCUT2D eigenvalue weighted by Gasteiger charge is -2.34. The lowest BCUT2D eigenvalue weighted by Crippen LogP contribution is -2.51. The lowest BCUT2D eigenvalue weighted by atomic mass is 9.97. The third-order valence-corrected chi connectivity index (χ3v) is 5.94. The molecule has 0 radical (unpaired) electrons. The van der Waals surface area contributed by atoms with E-state index in [2.05, 4.69) is 28.4 Å². The van der Waals surface area contributed by atoms with E-state index in [1.165, 1.54) is 36.8 Å². The molecule has 5 heteroatoms. The molecule has 0 atom stereocenters. The molecule has 1 saturated heterocycles. The third-order valence-electron chi connectivity index (χ3n) is 5.94. The Kier molecular flexibility index (Phi) is 8.75. The summed E-state index contributed by atoms with van der Waals surface area (Å²) in [5, 5.41) is 3.05. The van der Waals surface area contributed by atoms with Gasteiger partial charge in [-0.1, -0.05) is 42.0 Å². The number of piperazine rings is 1. The van der Waals surface area contributed by atoms with Gasteiger partial charge in [0.05, 0.1) is 6.54 Å². The molecule has 3 rings (SSSR count). The fourth-order valence-corrected chi connectivity index (χ4v) is 4.16. The molecule has 0 unspecified atom stereocenters. The predicted octanol–water partition coefficient (Wildman–Crippen LogP) is 3.16. The lowest BCUT2D eigenvalue weighted by molar-refractivity contribution is -0.133. The summed E-state index contributed by atoms with van der Waals surface area (Å²) in [5.74, 6) is 0.342. The highest BCUT2D eigenvalue weighted by atomic mass is 16.2. The zero-order valence-electron chi connectivity index (χ0n) is 17.6. The van der Waals surface area contributed by atoms with Crippen molar-refractivity contribution in [3.05, 3.63) is 47.5 Å². The van der Waals surface area contributed by atoms with Crippen LogP contribution in [0.5, 0.6) is 0 Å². The van der Waals surface area contributed by atoms with E-state index in [0.717, 1.165) is 52.0 Å². The summed E-state index contributed by atoms with van der Waals surface area (Å²) in [6.07, 6.45) is 10.7. The maximum atomic E-state index is 12.4. The molecule has 1 aromatic carbocycles. The average molecular weight is 398 g/mol. The Labute approximate surface area is 175 Å². The Morgan fingerprint density at radius 1 is 0.966 bits per heavy atom. The van der Waals surface area contributed by atoms with Gasteiger partial charge in [-0.25, -0.2) is 0 Å². The van der Waals surface area contributed by atoms with Crippen molar-refractivity contribution in [2.75, 3.05) is 39.3 Å². The van der Waals surface area contributed by atoms with E-state index >= 15 is 0 Å². The van der Waals surface area contributed by atoms with Crippen molar-refractivity contribution in [3.8, 4) is 0 Å². The number of nitrogens with zero attached hydrogens (tertiary/aromatic N) is 2. The minimum absolute atomic E-state index is 0.101. The van der Waals surface area contributed by atoms with Gasteiger partial charge in [0.15, 0.2) is 0 Å². The quantitative estimate of drug-likeness (QED) is 0.651. The van der Waals surface area contributed by atoms with Crippen molar-refractivity contribution in [3.63, 3.8) is 0 Å². The standard InChI is InChI=1S/C24H35N3O2/c28-23(25-15-14-22-10-5-2-6-11-22)20-26-16-18-27(19-17-26)24(29)13-7-12-21-8-3-1-4-9-21/h1,3-4,8-10H,2,5-7,11-20H2,(H,25,28). The Bertz CT molecular complexity index is 679. The van der Waals surface area contributed by atoms with Crippen LogP contribution in [-0.4, -0.2) is 60.9 Å². The molecule has 1 N–H and O–H groups in total. The van der Waals surface area contributed by atoms with E-state index in [1.54, 1.807) is 0 Å². The molecular formula is C24H35N3O2. The van der Waals surface area contributed by atoms with Gasteiger partial charge in [-0.3, -0.25) is 14.5 Å². The highest BCUT2D eigenvalue weighted by Gasteiger charge is 2.22. The SMILES string of the molecule is O=C(CN1CCN(C(=O)CCCc2ccccc2)CC1)NCCC1=CCCCC1. The van der Waals surface area contributed by atoms with Gasteiger partial charge < -0.3 is 10.2 Å². The topological polar surface area (TPSA) is 52.7 Å². The Morgan fingerprint density at radius 2 is 1.76 bits per heavy atom. The van der Waals surface area contributed by atoms with Crippen LogP contribution in [0, 0.1) is 0 Å². The number of hydrogen-bond acceptors (Lipinski definition) is 3. The molecule has 1 fully saturated rings. The van der Waals surface area contributed by atoms with E-state index in [9.17, 15) is 9.59 Å². The zero-order chi connectivity index (χ0) is 20.3. The van der Waals surface area contributed by atoms with Gasteiger partial charge in [0, 0.05) is 39.1 Å². The van der Waals surface area contributed by atoms with Crippen LogP contribution in [0.2, 0.25) is 0 Å². The second kappa shape index (κ2) is 11.8. The summed E-state index contributed by atoms with van der Waals surface area (Å²) >= 11 is 0. The van der Waals surface area contributed by atoms with Crippen LogP contribution >= 0.6 is 0 Å². The molecule has 0 aromatic heterocycles. The number of aryl methyl sites for hydroxylation is 1. The van der Waals surface area contributed by atoms with Crippen LogP contribution in [0.1, 0.15) is 50.5 Å². The largest absolute Gasteiger partial charge is 0.355 e. The predicted molar refractivity (Wildman–Crippen MR) is 117 cm³/mol. The van der Waals surface area contributed by atoms with Crippen molar-refractivity contribution in [1.29, 1.82) is 0 Å². The van der Waals surface area contributed by atoms with E-state index in [-0.39, 0.29) is 11.8 Å². The van der Waals surface area contributed by atoms with Crippen molar-refractivity contribution in [2.24, 2.45) is 0 Å². The second-order valence-electron chi connectivity index (χ2n) is 8.20. The summed E-state index contributed by atoms with van der Waals surface area (Å²) in [6, 6.07) is 10.3. The van der Waals surface area contributed by atoms with Crippen LogP contribution in [0.3, 0.4) is 0 Å². The minimum Gasteiger partial charge on any atom is -0.355 e. The first-order chi connectivity index (χ1) is 14.2. The molecule has 2 amide bonds. The smallest absolute Gasteiger partial charge is 0.234 e. The van der Waals surface area contributed by atoms with Crippen LogP contribution in [0.25, 0.3) is 0 Å². The number of carbonyl (C=O) groups excluding carboxylic acids is 2. The highest BCUT2D eigenvalue weighted by Crippen LogP contribution is 2.19. The molecule has 158 valence electrons. The molecule has 5 nitrogen and oxygen atoms in total. The molecule has 1 aromatic rings. The minimum atomic E-state index is 0.101. The molecule has 0 saturated carbocycles. The number of hydrogen-bond donors (Lipinski definition) is 1. The van der Waals surface area contributed by atoms with Gasteiger partial charge in [0.1, 0.15) is 0 Å². The molecule has 29 heavy (non-hydrogen) atoms. The monoisotopic (exact) mass is 397 g/mol. The first kappa shape index (κ1) is 21.6. The van der Waals surface area contributed by atoms with E-state index in [1.807, 2.05) is 23.1 Å². The van der Waals surface area contributed by atoms with E-state index < -0.39 is 0 Å². The van der Waals surface area contributed by atoms with E-state index in [4.69, 9.17) is 0 Å². The molecular weight excluding hydrogens is 362 g/mol. The van der Waals surface area contributed by atoms with Crippen molar-refractivity contribution in [1.82, 2.24) is 15.1 Å². The molecule has 0 bridgehead atoms. The van der Waals surface area contributed by atoms with Crippen molar-refractivity contribution < 1.29 is 9.59 Å². The Hall–Kier alpha value is -2.14. The Balaban J connectivity index is 1.26. The average Bonchev–Trinajstić information content (AvgIpc) is 2.76. The summed E-state index contributed by atoms with van der Waals surface area (Å²) < 4.78 is 0. The summed E-state index contributed by atoms with van der Waals surface area (Å²) in [6.45, 7) is 4.19. The number of carbonyl (C=O) groups is 2. The van der Waals surface area contributed by atoms with Crippen molar-refractivity contribution >= 4 is 11.8 Å². The van der Waals surface area contributed by atoms with Gasteiger partial charge in [-0.2, -0.15) is 0 Å². The van der Waals surface area contributed by atoms with Gasteiger partial charge in [-0.05, 0) is 50.5 Å². The van der Waals surface area contributed by atoms with E-state index in [0.29, 0.717) is 13.0 Å². The van der Waals surface area contributed by atoms with Gasteiger partial charge >= 0.3 is 0 Å².